The molecule has 1 aromatic rings. The summed E-state index contributed by atoms with van der Waals surface area (Å²) < 4.78 is 19.0. The van der Waals surface area contributed by atoms with Crippen molar-refractivity contribution in [3.05, 3.63) is 29.6 Å². The molecule has 0 radical (unpaired) electrons. The number of ether oxygens (including phenoxy) is 1. The topological polar surface area (TPSA) is 52.9 Å². The fourth-order valence-electron chi connectivity index (χ4n) is 2.49. The van der Waals surface area contributed by atoms with Crippen molar-refractivity contribution < 1.29 is 19.3 Å². The molecule has 22 heavy (non-hydrogen) atoms. The van der Waals surface area contributed by atoms with Gasteiger partial charge in [0.2, 0.25) is 0 Å². The Balaban J connectivity index is 2.43. The first-order chi connectivity index (χ1) is 10.0. The first-order valence-corrected chi connectivity index (χ1v) is 7.63. The van der Waals surface area contributed by atoms with Crippen LogP contribution in [0.15, 0.2) is 18.2 Å². The number of hydrogen-bond donors (Lipinski definition) is 2. The van der Waals surface area contributed by atoms with Gasteiger partial charge in [0.1, 0.15) is 11.4 Å². The molecule has 5 heteroatoms. The fourth-order valence-corrected chi connectivity index (χ4v) is 2.49. The molecular formula is C17H28FNO3. The normalized spacial score (nSPS) is 12.8. The Bertz CT molecular complexity index is 464. The third kappa shape index (κ3) is 5.91. The highest BCUT2D eigenvalue weighted by atomic mass is 19.1. The van der Waals surface area contributed by atoms with Gasteiger partial charge in [-0.3, -0.25) is 0 Å². The zero-order chi connectivity index (χ0) is 17.0. The van der Waals surface area contributed by atoms with Gasteiger partial charge in [0, 0.05) is 6.54 Å². The van der Waals surface area contributed by atoms with Crippen LogP contribution in [0.5, 0.6) is 5.75 Å². The van der Waals surface area contributed by atoms with Crippen molar-refractivity contribution in [2.24, 2.45) is 0 Å². The number of rotatable bonds is 8. The molecule has 0 aliphatic rings. The Morgan fingerprint density at radius 3 is 2.23 bits per heavy atom. The third-order valence-corrected chi connectivity index (χ3v) is 3.44. The number of aryl methyl sites for hydroxylation is 1. The molecule has 0 heterocycles. The van der Waals surface area contributed by atoms with Gasteiger partial charge in [0.05, 0.1) is 6.61 Å². The van der Waals surface area contributed by atoms with Crippen molar-refractivity contribution in [3.63, 3.8) is 0 Å². The quantitative estimate of drug-likeness (QED) is 0.572. The molecule has 0 amide bonds. The lowest BCUT2D eigenvalue weighted by Crippen LogP contribution is -2.55. The molecule has 0 spiro atoms. The van der Waals surface area contributed by atoms with Crippen LogP contribution in [0.25, 0.3) is 0 Å². The van der Waals surface area contributed by atoms with Crippen LogP contribution in [0.1, 0.15) is 46.1 Å². The zero-order valence-corrected chi connectivity index (χ0v) is 14.2. The molecule has 1 aromatic carbocycles. The minimum atomic E-state index is -1.11. The van der Waals surface area contributed by atoms with Gasteiger partial charge in [-0.25, -0.2) is 9.29 Å². The second-order valence-corrected chi connectivity index (χ2v) is 6.63. The van der Waals surface area contributed by atoms with Crippen molar-refractivity contribution >= 4 is 0 Å². The van der Waals surface area contributed by atoms with E-state index in [-0.39, 0.29) is 11.6 Å². The molecule has 0 bridgehead atoms. The number of aliphatic hydroxyl groups is 2. The van der Waals surface area contributed by atoms with E-state index >= 15 is 0 Å². The van der Waals surface area contributed by atoms with E-state index < -0.39 is 11.4 Å². The highest BCUT2D eigenvalue weighted by Gasteiger charge is 2.34. The van der Waals surface area contributed by atoms with Crippen LogP contribution >= 0.6 is 0 Å². The van der Waals surface area contributed by atoms with E-state index in [9.17, 15) is 14.6 Å². The van der Waals surface area contributed by atoms with Crippen molar-refractivity contribution in [1.82, 2.24) is 4.90 Å². The van der Waals surface area contributed by atoms with Crippen LogP contribution in [-0.2, 0) is 0 Å². The zero-order valence-electron chi connectivity index (χ0n) is 14.2. The summed E-state index contributed by atoms with van der Waals surface area (Å²) >= 11 is 0. The van der Waals surface area contributed by atoms with Crippen molar-refractivity contribution in [2.75, 3.05) is 13.2 Å². The average molecular weight is 313 g/mol. The third-order valence-electron chi connectivity index (χ3n) is 3.44. The maximum Gasteiger partial charge on any atom is 0.165 e. The van der Waals surface area contributed by atoms with Gasteiger partial charge in [-0.2, -0.15) is 0 Å². The molecule has 126 valence electrons. The lowest BCUT2D eigenvalue weighted by Gasteiger charge is -2.42. The number of halogens is 1. The maximum atomic E-state index is 13.5. The number of unbranched alkanes of at least 4 members (excludes halogenated alkanes) is 1. The van der Waals surface area contributed by atoms with E-state index in [1.54, 1.807) is 44.7 Å². The molecule has 0 aliphatic carbocycles. The van der Waals surface area contributed by atoms with E-state index in [0.717, 1.165) is 12.0 Å². The summed E-state index contributed by atoms with van der Waals surface area (Å²) in [6.45, 7) is 9.37. The van der Waals surface area contributed by atoms with Crippen LogP contribution in [0.4, 0.5) is 4.39 Å². The molecule has 0 saturated carbocycles. The smallest absolute Gasteiger partial charge is 0.165 e. The Morgan fingerprint density at radius 2 is 1.68 bits per heavy atom. The maximum absolute atomic E-state index is 13.5. The first-order valence-electron chi connectivity index (χ1n) is 7.63. The van der Waals surface area contributed by atoms with Crippen LogP contribution in [0.2, 0.25) is 0 Å². The van der Waals surface area contributed by atoms with Crippen molar-refractivity contribution in [2.45, 2.75) is 58.9 Å². The summed E-state index contributed by atoms with van der Waals surface area (Å²) in [5, 5.41) is 20.2. The van der Waals surface area contributed by atoms with Gasteiger partial charge in [-0.05, 0) is 65.2 Å². The highest BCUT2D eigenvalue weighted by Crippen LogP contribution is 2.22. The second-order valence-electron chi connectivity index (χ2n) is 6.63. The molecule has 0 atom stereocenters. The second kappa shape index (κ2) is 7.40. The molecule has 0 aromatic heterocycles. The average Bonchev–Trinajstić information content (AvgIpc) is 2.34. The van der Waals surface area contributed by atoms with E-state index in [1.165, 1.54) is 6.07 Å². The SMILES string of the molecule is Cc1ccc(F)c(OCCCCN(C(C)(C)O)C(C)(C)O)c1. The molecule has 0 saturated heterocycles. The monoisotopic (exact) mass is 313 g/mol. The Hall–Kier alpha value is -1.17. The predicted molar refractivity (Wildman–Crippen MR) is 85.2 cm³/mol. The molecule has 0 fully saturated rings. The van der Waals surface area contributed by atoms with Crippen LogP contribution in [-0.4, -0.2) is 39.7 Å². The van der Waals surface area contributed by atoms with E-state index in [4.69, 9.17) is 4.74 Å². The van der Waals surface area contributed by atoms with Crippen LogP contribution in [0.3, 0.4) is 0 Å². The Kier molecular flexibility index (Phi) is 6.35. The van der Waals surface area contributed by atoms with Crippen LogP contribution in [0, 0.1) is 12.7 Å². The summed E-state index contributed by atoms with van der Waals surface area (Å²) in [7, 11) is 0. The van der Waals surface area contributed by atoms with Crippen molar-refractivity contribution in [3.8, 4) is 5.75 Å². The summed E-state index contributed by atoms with van der Waals surface area (Å²) in [6, 6.07) is 4.77. The number of hydrogen-bond acceptors (Lipinski definition) is 4. The lowest BCUT2D eigenvalue weighted by atomic mass is 10.1. The van der Waals surface area contributed by atoms with E-state index in [0.29, 0.717) is 19.6 Å². The van der Waals surface area contributed by atoms with Crippen LogP contribution < -0.4 is 4.74 Å². The predicted octanol–water partition coefficient (Wildman–Crippen LogP) is 3.05. The first kappa shape index (κ1) is 18.9. The highest BCUT2D eigenvalue weighted by molar-refractivity contribution is 5.29. The van der Waals surface area contributed by atoms with Gasteiger partial charge in [0.25, 0.3) is 0 Å². The Labute approximate surface area is 132 Å². The van der Waals surface area contributed by atoms with E-state index in [1.807, 2.05) is 6.92 Å². The molecule has 1 rings (SSSR count). The number of benzene rings is 1. The minimum absolute atomic E-state index is 0.266. The molecule has 0 aliphatic heterocycles. The number of nitrogens with zero attached hydrogens (tertiary/aromatic N) is 1. The van der Waals surface area contributed by atoms with Gasteiger partial charge < -0.3 is 14.9 Å². The fraction of sp³-hybridized carbons (Fsp3) is 0.647. The summed E-state index contributed by atoms with van der Waals surface area (Å²) in [4.78, 5) is 1.62. The van der Waals surface area contributed by atoms with Crippen molar-refractivity contribution in [1.29, 1.82) is 0 Å². The largest absolute Gasteiger partial charge is 0.491 e. The summed E-state index contributed by atoms with van der Waals surface area (Å²) in [6.07, 6.45) is 1.43. The molecule has 4 nitrogen and oxygen atoms in total. The van der Waals surface area contributed by atoms with Gasteiger partial charge in [0.15, 0.2) is 11.6 Å². The standard InChI is InChI=1S/C17H28FNO3/c1-13-8-9-14(18)15(12-13)22-11-7-6-10-19(16(2,3)20)17(4,5)21/h8-9,12,20-21H,6-7,10-11H2,1-5H3. The van der Waals surface area contributed by atoms with Gasteiger partial charge >= 0.3 is 0 Å². The van der Waals surface area contributed by atoms with Gasteiger partial charge in [-0.1, -0.05) is 6.07 Å². The molecule has 0 unspecified atom stereocenters. The minimum Gasteiger partial charge on any atom is -0.491 e. The molecular weight excluding hydrogens is 285 g/mol. The van der Waals surface area contributed by atoms with Gasteiger partial charge in [-0.15, -0.1) is 0 Å². The Morgan fingerprint density at radius 1 is 1.09 bits per heavy atom. The molecule has 2 N–H and O–H groups in total. The van der Waals surface area contributed by atoms with E-state index in [2.05, 4.69) is 0 Å². The lowest BCUT2D eigenvalue weighted by molar-refractivity contribution is -0.200. The summed E-state index contributed by atoms with van der Waals surface area (Å²) in [5.41, 5.74) is -1.27. The summed E-state index contributed by atoms with van der Waals surface area (Å²) in [5.74, 6) is -0.0953.